The topological polar surface area (TPSA) is 69.7 Å². The molecule has 5 rings (SSSR count). The van der Waals surface area contributed by atoms with Gasteiger partial charge in [-0.05, 0) is 36.8 Å². The number of hydrogen-bond acceptors (Lipinski definition) is 4. The van der Waals surface area contributed by atoms with Crippen LogP contribution in [0.4, 0.5) is 11.4 Å². The van der Waals surface area contributed by atoms with Gasteiger partial charge in [-0.15, -0.1) is 6.58 Å². The van der Waals surface area contributed by atoms with Gasteiger partial charge < -0.3 is 4.90 Å². The molecular weight excluding hydrogens is 458 g/mol. The highest BCUT2D eigenvalue weighted by molar-refractivity contribution is 9.10. The smallest absolute Gasteiger partial charge is 0.253 e. The van der Waals surface area contributed by atoms with Crippen molar-refractivity contribution in [2.75, 3.05) is 16.3 Å². The number of amides is 3. The summed E-state index contributed by atoms with van der Waals surface area (Å²) < 4.78 is 0.861. The standard InChI is InChI=1S/C24H22BrN3O3/c1-3-13-27-18-8-6-5-7-16(18)24(23(27)31)20-19(17(4-2)26-24)21(29)28(22(20)30)15-11-9-14(25)10-12-15/h3,5-12,17,19-20,26H,1,4,13H2,2H3/t17-,19-,20+,24+/m1/s1. The van der Waals surface area contributed by atoms with Gasteiger partial charge in [0.1, 0.15) is 5.54 Å². The minimum absolute atomic E-state index is 0.196. The second kappa shape index (κ2) is 7.14. The van der Waals surface area contributed by atoms with E-state index in [9.17, 15) is 14.4 Å². The number of halogens is 1. The Kier molecular flexibility index (Phi) is 4.64. The molecular formula is C24H22BrN3O3. The number of carbonyl (C=O) groups excluding carboxylic acids is 3. The lowest BCUT2D eigenvalue weighted by molar-refractivity contribution is -0.132. The molecule has 0 aromatic heterocycles. The van der Waals surface area contributed by atoms with E-state index in [2.05, 4.69) is 27.8 Å². The Morgan fingerprint density at radius 3 is 2.48 bits per heavy atom. The average molecular weight is 480 g/mol. The fraction of sp³-hybridized carbons (Fsp3) is 0.292. The molecule has 3 heterocycles. The zero-order chi connectivity index (χ0) is 21.9. The largest absolute Gasteiger partial charge is 0.306 e. The van der Waals surface area contributed by atoms with Gasteiger partial charge in [-0.1, -0.05) is 47.1 Å². The molecule has 158 valence electrons. The van der Waals surface area contributed by atoms with Crippen molar-refractivity contribution in [2.45, 2.75) is 24.9 Å². The first kappa shape index (κ1) is 20.2. The molecule has 3 aliphatic heterocycles. The molecule has 0 bridgehead atoms. The molecule has 0 aliphatic carbocycles. The van der Waals surface area contributed by atoms with E-state index in [1.807, 2.05) is 31.2 Å². The quantitative estimate of drug-likeness (QED) is 0.539. The number of benzene rings is 2. The Labute approximate surface area is 189 Å². The van der Waals surface area contributed by atoms with Crippen LogP contribution in [0.3, 0.4) is 0 Å². The van der Waals surface area contributed by atoms with E-state index in [4.69, 9.17) is 0 Å². The van der Waals surface area contributed by atoms with Crippen LogP contribution >= 0.6 is 15.9 Å². The maximum absolute atomic E-state index is 13.8. The molecule has 7 heteroatoms. The number of para-hydroxylation sites is 1. The molecule has 0 radical (unpaired) electrons. The van der Waals surface area contributed by atoms with Crippen LogP contribution in [0, 0.1) is 11.8 Å². The second-order valence-electron chi connectivity index (χ2n) is 8.18. The molecule has 2 saturated heterocycles. The molecule has 2 aromatic rings. The fourth-order valence-corrected chi connectivity index (χ4v) is 5.72. The van der Waals surface area contributed by atoms with Crippen LogP contribution < -0.4 is 15.1 Å². The zero-order valence-corrected chi connectivity index (χ0v) is 18.6. The third kappa shape index (κ3) is 2.56. The Hall–Kier alpha value is -2.77. The minimum atomic E-state index is -1.25. The van der Waals surface area contributed by atoms with E-state index >= 15 is 0 Å². The van der Waals surface area contributed by atoms with E-state index < -0.39 is 17.4 Å². The lowest BCUT2D eigenvalue weighted by Crippen LogP contribution is -2.55. The van der Waals surface area contributed by atoms with Crippen LogP contribution in [-0.4, -0.2) is 30.3 Å². The number of nitrogens with one attached hydrogen (secondary N) is 1. The van der Waals surface area contributed by atoms with Crippen LogP contribution in [0.1, 0.15) is 18.9 Å². The van der Waals surface area contributed by atoms with Crippen molar-refractivity contribution in [1.82, 2.24) is 5.32 Å². The highest BCUT2D eigenvalue weighted by Crippen LogP contribution is 2.55. The summed E-state index contributed by atoms with van der Waals surface area (Å²) in [6.45, 7) is 6.09. The van der Waals surface area contributed by atoms with Crippen molar-refractivity contribution in [3.63, 3.8) is 0 Å². The summed E-state index contributed by atoms with van der Waals surface area (Å²) in [6, 6.07) is 14.3. The SMILES string of the molecule is C=CCN1C(=O)[C@]2(N[C@H](CC)[C@H]3C(=O)N(c4ccc(Br)cc4)C(=O)[C@H]32)c2ccccc21. The van der Waals surface area contributed by atoms with Gasteiger partial charge in [0.15, 0.2) is 0 Å². The van der Waals surface area contributed by atoms with Crippen molar-refractivity contribution in [3.05, 3.63) is 71.2 Å². The van der Waals surface area contributed by atoms with Crippen LogP contribution in [0.2, 0.25) is 0 Å². The van der Waals surface area contributed by atoms with E-state index in [-0.39, 0.29) is 23.8 Å². The summed E-state index contributed by atoms with van der Waals surface area (Å²) in [5, 5.41) is 3.45. The Balaban J connectivity index is 1.68. The molecule has 0 unspecified atom stereocenters. The number of imide groups is 1. The molecule has 1 N–H and O–H groups in total. The number of nitrogens with zero attached hydrogens (tertiary/aromatic N) is 2. The first-order valence-corrected chi connectivity index (χ1v) is 11.2. The van der Waals surface area contributed by atoms with Crippen molar-refractivity contribution in [3.8, 4) is 0 Å². The summed E-state index contributed by atoms with van der Waals surface area (Å²) >= 11 is 3.39. The van der Waals surface area contributed by atoms with Crippen LogP contribution in [0.25, 0.3) is 0 Å². The molecule has 0 saturated carbocycles. The van der Waals surface area contributed by atoms with Gasteiger partial charge in [0.05, 0.1) is 17.5 Å². The summed E-state index contributed by atoms with van der Waals surface area (Å²) in [5.41, 5.74) is 0.797. The predicted molar refractivity (Wildman–Crippen MR) is 121 cm³/mol. The van der Waals surface area contributed by atoms with Gasteiger partial charge in [-0.2, -0.15) is 0 Å². The lowest BCUT2D eigenvalue weighted by Gasteiger charge is -2.30. The maximum atomic E-state index is 13.8. The molecule has 4 atom stereocenters. The minimum Gasteiger partial charge on any atom is -0.306 e. The van der Waals surface area contributed by atoms with Crippen molar-refractivity contribution in [2.24, 2.45) is 11.8 Å². The van der Waals surface area contributed by atoms with Crippen LogP contribution in [0.15, 0.2) is 65.7 Å². The normalized spacial score (nSPS) is 29.1. The van der Waals surface area contributed by atoms with Gasteiger partial charge in [0.2, 0.25) is 11.8 Å². The first-order valence-electron chi connectivity index (χ1n) is 10.4. The predicted octanol–water partition coefficient (Wildman–Crippen LogP) is 3.36. The van der Waals surface area contributed by atoms with E-state index in [0.29, 0.717) is 18.7 Å². The fourth-order valence-electron chi connectivity index (χ4n) is 5.45. The highest BCUT2D eigenvalue weighted by Gasteiger charge is 2.71. The van der Waals surface area contributed by atoms with Crippen molar-refractivity contribution < 1.29 is 14.4 Å². The molecule has 6 nitrogen and oxygen atoms in total. The number of carbonyl (C=O) groups is 3. The Morgan fingerprint density at radius 2 is 1.81 bits per heavy atom. The van der Waals surface area contributed by atoms with Gasteiger partial charge in [0.25, 0.3) is 5.91 Å². The number of fused-ring (bicyclic) bond motifs is 4. The van der Waals surface area contributed by atoms with Gasteiger partial charge in [-0.25, -0.2) is 4.90 Å². The molecule has 1 spiro atoms. The van der Waals surface area contributed by atoms with Gasteiger partial charge in [0, 0.05) is 28.3 Å². The van der Waals surface area contributed by atoms with E-state index in [1.54, 1.807) is 35.2 Å². The van der Waals surface area contributed by atoms with Crippen molar-refractivity contribution in [1.29, 1.82) is 0 Å². The average Bonchev–Trinajstić information content (AvgIpc) is 3.34. The highest BCUT2D eigenvalue weighted by atomic mass is 79.9. The Morgan fingerprint density at radius 1 is 1.10 bits per heavy atom. The number of hydrogen-bond donors (Lipinski definition) is 1. The van der Waals surface area contributed by atoms with Gasteiger partial charge >= 0.3 is 0 Å². The zero-order valence-electron chi connectivity index (χ0n) is 17.0. The summed E-state index contributed by atoms with van der Waals surface area (Å²) in [5.74, 6) is -2.16. The van der Waals surface area contributed by atoms with Crippen LogP contribution in [-0.2, 0) is 19.9 Å². The maximum Gasteiger partial charge on any atom is 0.253 e. The third-order valence-electron chi connectivity index (χ3n) is 6.70. The molecule has 3 aliphatic rings. The first-order chi connectivity index (χ1) is 15.0. The van der Waals surface area contributed by atoms with Gasteiger partial charge in [-0.3, -0.25) is 19.7 Å². The molecule has 3 amide bonds. The molecule has 2 fully saturated rings. The van der Waals surface area contributed by atoms with E-state index in [1.165, 1.54) is 4.90 Å². The number of anilines is 2. The monoisotopic (exact) mass is 479 g/mol. The molecule has 31 heavy (non-hydrogen) atoms. The molecule has 2 aromatic carbocycles. The summed E-state index contributed by atoms with van der Waals surface area (Å²) in [7, 11) is 0. The van der Waals surface area contributed by atoms with E-state index in [0.717, 1.165) is 15.7 Å². The Bertz CT molecular complexity index is 1120. The second-order valence-corrected chi connectivity index (χ2v) is 9.10. The van der Waals surface area contributed by atoms with Crippen molar-refractivity contribution >= 4 is 45.0 Å². The third-order valence-corrected chi connectivity index (χ3v) is 7.23. The lowest BCUT2D eigenvalue weighted by atomic mass is 9.76. The summed E-state index contributed by atoms with van der Waals surface area (Å²) in [4.78, 5) is 44.1. The summed E-state index contributed by atoms with van der Waals surface area (Å²) in [6.07, 6.45) is 2.31. The number of rotatable bonds is 4. The van der Waals surface area contributed by atoms with Crippen LogP contribution in [0.5, 0.6) is 0 Å².